The van der Waals surface area contributed by atoms with Gasteiger partial charge in [-0.3, -0.25) is 9.98 Å². The lowest BCUT2D eigenvalue weighted by Gasteiger charge is -2.29. The Kier molecular flexibility index (Phi) is 7.62. The molecule has 3 aliphatic carbocycles. The summed E-state index contributed by atoms with van der Waals surface area (Å²) in [7, 11) is 0. The number of allylic oxidation sites excluding steroid dienone is 6. The van der Waals surface area contributed by atoms with Gasteiger partial charge in [-0.05, 0) is 105 Å². The van der Waals surface area contributed by atoms with Crippen LogP contribution in [0.5, 0.6) is 0 Å². The van der Waals surface area contributed by atoms with E-state index >= 15 is 0 Å². The van der Waals surface area contributed by atoms with Crippen LogP contribution in [-0.4, -0.2) is 15.7 Å². The molecule has 4 aliphatic rings. The fraction of sp³-hybridized carbons (Fsp3) is 0.109. The molecule has 58 heavy (non-hydrogen) atoms. The molecule has 2 atom stereocenters. The average Bonchev–Trinajstić information content (AvgIpc) is 3.30. The molecule has 12 rings (SSSR count). The molecule has 0 spiro atoms. The SMILES string of the molecule is C1=CCCC(c2ccc3c(n2)C2N=C(c4c5ccccc5c(-c5cccc(-c6nc7ccccc7c7c8c(ccc67)CCC=C8)c5)c5ccccc45)C=CC2C=C3)=C1. The van der Waals surface area contributed by atoms with Crippen molar-refractivity contribution in [3.05, 3.63) is 198 Å². The lowest BCUT2D eigenvalue weighted by Crippen LogP contribution is -2.20. The fourth-order valence-electron chi connectivity index (χ4n) is 9.94. The van der Waals surface area contributed by atoms with Crippen LogP contribution in [0.15, 0.2) is 169 Å². The highest BCUT2D eigenvalue weighted by Crippen LogP contribution is 2.45. The first-order valence-electron chi connectivity index (χ1n) is 20.6. The number of para-hydroxylation sites is 1. The van der Waals surface area contributed by atoms with E-state index in [1.807, 2.05) is 0 Å². The number of dihydropyridines is 1. The highest BCUT2D eigenvalue weighted by atomic mass is 14.9. The van der Waals surface area contributed by atoms with E-state index in [1.165, 1.54) is 71.1 Å². The highest BCUT2D eigenvalue weighted by molar-refractivity contribution is 6.29. The van der Waals surface area contributed by atoms with Crippen LogP contribution in [0.2, 0.25) is 0 Å². The van der Waals surface area contributed by atoms with Crippen LogP contribution < -0.4 is 0 Å². The van der Waals surface area contributed by atoms with Crippen molar-refractivity contribution in [2.24, 2.45) is 10.9 Å². The second-order valence-electron chi connectivity index (χ2n) is 16.0. The van der Waals surface area contributed by atoms with E-state index in [4.69, 9.17) is 15.0 Å². The largest absolute Gasteiger partial charge is 0.274 e. The zero-order valence-electron chi connectivity index (χ0n) is 32.1. The topological polar surface area (TPSA) is 38.1 Å². The Hall–Kier alpha value is -6.97. The monoisotopic (exact) mass is 741 g/mol. The minimum atomic E-state index is -0.0843. The summed E-state index contributed by atoms with van der Waals surface area (Å²) in [4.78, 5) is 16.3. The van der Waals surface area contributed by atoms with E-state index in [0.29, 0.717) is 0 Å². The van der Waals surface area contributed by atoms with Crippen LogP contribution in [-0.2, 0) is 6.42 Å². The molecule has 2 unspecified atom stereocenters. The van der Waals surface area contributed by atoms with Gasteiger partial charge in [0, 0.05) is 33.2 Å². The molecule has 3 nitrogen and oxygen atoms in total. The number of benzene rings is 6. The summed E-state index contributed by atoms with van der Waals surface area (Å²) in [6.45, 7) is 0. The number of rotatable bonds is 4. The van der Waals surface area contributed by atoms with Gasteiger partial charge in [0.25, 0.3) is 0 Å². The number of hydrogen-bond acceptors (Lipinski definition) is 3. The first-order valence-corrected chi connectivity index (χ1v) is 20.6. The number of nitrogens with zero attached hydrogens (tertiary/aromatic N) is 3. The van der Waals surface area contributed by atoms with Gasteiger partial charge in [0.1, 0.15) is 6.04 Å². The average molecular weight is 742 g/mol. The summed E-state index contributed by atoms with van der Waals surface area (Å²) in [5.41, 5.74) is 15.1. The van der Waals surface area contributed by atoms with Gasteiger partial charge in [-0.2, -0.15) is 0 Å². The van der Waals surface area contributed by atoms with E-state index in [2.05, 4.69) is 176 Å². The Labute approximate surface area is 337 Å². The van der Waals surface area contributed by atoms with Crippen LogP contribution in [0.25, 0.3) is 83.3 Å². The second kappa shape index (κ2) is 13.3. The second-order valence-corrected chi connectivity index (χ2v) is 16.0. The Balaban J connectivity index is 1.04. The lowest BCUT2D eigenvalue weighted by molar-refractivity contribution is 0.591. The summed E-state index contributed by atoms with van der Waals surface area (Å²) < 4.78 is 0. The van der Waals surface area contributed by atoms with Crippen molar-refractivity contribution in [1.29, 1.82) is 0 Å². The quantitative estimate of drug-likeness (QED) is 0.133. The molecule has 274 valence electrons. The normalized spacial score (nSPS) is 18.0. The van der Waals surface area contributed by atoms with Crippen molar-refractivity contribution in [2.45, 2.75) is 31.7 Å². The van der Waals surface area contributed by atoms with Crippen molar-refractivity contribution in [3.63, 3.8) is 0 Å². The summed E-state index contributed by atoms with van der Waals surface area (Å²) in [5, 5.41) is 8.52. The van der Waals surface area contributed by atoms with Gasteiger partial charge in [-0.25, -0.2) is 4.98 Å². The maximum atomic E-state index is 5.61. The molecule has 0 fully saturated rings. The van der Waals surface area contributed by atoms with E-state index in [0.717, 1.165) is 65.1 Å². The molecule has 2 aromatic heterocycles. The van der Waals surface area contributed by atoms with Gasteiger partial charge in [0.15, 0.2) is 0 Å². The van der Waals surface area contributed by atoms with Crippen LogP contribution >= 0.6 is 0 Å². The number of aryl methyl sites for hydroxylation is 1. The lowest BCUT2D eigenvalue weighted by atomic mass is 9.82. The molecule has 0 saturated heterocycles. The Bertz CT molecular complexity index is 3190. The molecule has 3 heteroatoms. The van der Waals surface area contributed by atoms with Crippen molar-refractivity contribution in [1.82, 2.24) is 9.97 Å². The number of aliphatic imine (C=N–C) groups is 1. The summed E-state index contributed by atoms with van der Waals surface area (Å²) in [6, 6.07) is 44.4. The van der Waals surface area contributed by atoms with Crippen molar-refractivity contribution < 1.29 is 0 Å². The standard InChI is InChI=1S/C55H39N3/c1-2-14-35(15-3-1)47-31-28-36-25-26-37-29-32-49(58-55(37)54(36)56-47)52-43-21-8-6-19-41(43)50(42-20-7-9-22-44(42)52)38-16-12-17-39(33-38)53-46-30-27-34-13-4-5-18-40(34)51(46)45-23-10-11-24-48(45)57-53/h1-2,5-12,14,16-33,37,55H,3-4,13,15H2. The predicted octanol–water partition coefficient (Wildman–Crippen LogP) is 13.9. The van der Waals surface area contributed by atoms with Crippen molar-refractivity contribution >= 4 is 66.7 Å². The number of fused-ring (bicyclic) bond motifs is 10. The third-order valence-corrected chi connectivity index (χ3v) is 12.7. The minimum absolute atomic E-state index is 0.0843. The molecule has 1 aliphatic heterocycles. The molecule has 0 bridgehead atoms. The molecule has 0 N–H and O–H groups in total. The van der Waals surface area contributed by atoms with Crippen molar-refractivity contribution in [3.8, 4) is 22.4 Å². The van der Waals surface area contributed by atoms with Crippen LogP contribution in [0.1, 0.15) is 58.9 Å². The van der Waals surface area contributed by atoms with E-state index in [-0.39, 0.29) is 12.0 Å². The number of hydrogen-bond donors (Lipinski definition) is 0. The molecule has 0 saturated carbocycles. The van der Waals surface area contributed by atoms with Gasteiger partial charge in [-0.15, -0.1) is 0 Å². The Morgan fingerprint density at radius 1 is 0.552 bits per heavy atom. The maximum absolute atomic E-state index is 5.61. The number of aromatic nitrogens is 2. The van der Waals surface area contributed by atoms with Gasteiger partial charge < -0.3 is 0 Å². The molecule has 0 radical (unpaired) electrons. The summed E-state index contributed by atoms with van der Waals surface area (Å²) >= 11 is 0. The highest BCUT2D eigenvalue weighted by Gasteiger charge is 2.30. The van der Waals surface area contributed by atoms with Gasteiger partial charge in [0.2, 0.25) is 0 Å². The zero-order valence-corrected chi connectivity index (χ0v) is 32.1. The molecule has 0 amide bonds. The minimum Gasteiger partial charge on any atom is -0.274 e. The molecule has 3 heterocycles. The summed E-state index contributed by atoms with van der Waals surface area (Å²) in [5.74, 6) is 0.167. The predicted molar refractivity (Wildman–Crippen MR) is 244 cm³/mol. The smallest absolute Gasteiger partial charge is 0.103 e. The molecular weight excluding hydrogens is 703 g/mol. The van der Waals surface area contributed by atoms with Crippen LogP contribution in [0.4, 0.5) is 0 Å². The Morgan fingerprint density at radius 3 is 2.10 bits per heavy atom. The van der Waals surface area contributed by atoms with Crippen LogP contribution in [0.3, 0.4) is 0 Å². The van der Waals surface area contributed by atoms with Crippen molar-refractivity contribution in [2.75, 3.05) is 0 Å². The zero-order chi connectivity index (χ0) is 38.2. The third kappa shape index (κ3) is 5.23. The summed E-state index contributed by atoms with van der Waals surface area (Å²) in [6.07, 6.45) is 24.6. The number of pyridine rings is 2. The van der Waals surface area contributed by atoms with Gasteiger partial charge in [0.05, 0.1) is 28.3 Å². The van der Waals surface area contributed by atoms with Crippen LogP contribution in [0, 0.1) is 5.92 Å². The fourth-order valence-corrected chi connectivity index (χ4v) is 9.94. The van der Waals surface area contributed by atoms with Gasteiger partial charge in [-0.1, -0.05) is 152 Å². The first kappa shape index (κ1) is 33.2. The molecule has 8 aromatic rings. The third-order valence-electron chi connectivity index (χ3n) is 12.7. The van der Waals surface area contributed by atoms with E-state index < -0.39 is 0 Å². The molecule has 6 aromatic carbocycles. The Morgan fingerprint density at radius 2 is 1.29 bits per heavy atom. The van der Waals surface area contributed by atoms with Gasteiger partial charge >= 0.3 is 0 Å². The van der Waals surface area contributed by atoms with E-state index in [1.54, 1.807) is 0 Å². The van der Waals surface area contributed by atoms with E-state index in [9.17, 15) is 0 Å². The first-order chi connectivity index (χ1) is 28.8. The molecular formula is C55H39N3. The maximum Gasteiger partial charge on any atom is 0.103 e.